The molecule has 10 nitrogen and oxygen atoms in total. The Morgan fingerprint density at radius 1 is 1.11 bits per heavy atom. The number of ether oxygens (including phenoxy) is 3. The molecule has 0 fully saturated rings. The maximum Gasteiger partial charge on any atom is 0.273 e. The highest BCUT2D eigenvalue weighted by Gasteiger charge is 2.18. The summed E-state index contributed by atoms with van der Waals surface area (Å²) in [5, 5.41) is 25.5. The zero-order chi connectivity index (χ0) is 20.8. The van der Waals surface area contributed by atoms with Gasteiger partial charge in [0.1, 0.15) is 5.75 Å². The zero-order valence-electron chi connectivity index (χ0n) is 15.1. The average Bonchev–Trinajstić information content (AvgIpc) is 2.67. The van der Waals surface area contributed by atoms with Gasteiger partial charge in [0.25, 0.3) is 11.6 Å². The molecule has 0 aromatic heterocycles. The summed E-state index contributed by atoms with van der Waals surface area (Å²) in [5.41, 5.74) is 0.00258. The number of benzene rings is 2. The van der Waals surface area contributed by atoms with Gasteiger partial charge in [0.15, 0.2) is 16.6 Å². The molecule has 0 saturated carbocycles. The van der Waals surface area contributed by atoms with Gasteiger partial charge in [-0.15, -0.1) is 0 Å². The van der Waals surface area contributed by atoms with E-state index in [1.54, 1.807) is 0 Å². The number of carbonyl (C=O) groups excluding carboxylic acids is 1. The van der Waals surface area contributed by atoms with Crippen LogP contribution in [-0.2, 0) is 0 Å². The molecule has 0 bridgehead atoms. The Kier molecular flexibility index (Phi) is 6.55. The van der Waals surface area contributed by atoms with Gasteiger partial charge in [-0.3, -0.25) is 20.2 Å². The maximum atomic E-state index is 12.5. The van der Waals surface area contributed by atoms with Crippen LogP contribution >= 0.6 is 12.2 Å². The predicted molar refractivity (Wildman–Crippen MR) is 105 cm³/mol. The number of carbonyl (C=O) groups is 1. The molecular weight excluding hydrogens is 390 g/mol. The number of nitro benzene ring substituents is 1. The molecule has 2 rings (SSSR count). The first kappa shape index (κ1) is 20.7. The van der Waals surface area contributed by atoms with Crippen LogP contribution in [0.3, 0.4) is 0 Å². The minimum atomic E-state index is -0.645. The summed E-state index contributed by atoms with van der Waals surface area (Å²) in [6, 6.07) is 6.31. The molecule has 0 heterocycles. The van der Waals surface area contributed by atoms with Crippen molar-refractivity contribution in [2.75, 3.05) is 26.6 Å². The minimum Gasteiger partial charge on any atom is -0.506 e. The normalized spacial score (nSPS) is 9.96. The second-order valence-corrected chi connectivity index (χ2v) is 5.69. The summed E-state index contributed by atoms with van der Waals surface area (Å²) in [6.45, 7) is 0. The number of phenols is 1. The molecule has 0 spiro atoms. The Morgan fingerprint density at radius 2 is 1.71 bits per heavy atom. The van der Waals surface area contributed by atoms with Gasteiger partial charge in [-0.25, -0.2) is 0 Å². The molecule has 0 atom stereocenters. The van der Waals surface area contributed by atoms with Crippen LogP contribution < -0.4 is 24.8 Å². The summed E-state index contributed by atoms with van der Waals surface area (Å²) in [7, 11) is 4.28. The summed E-state index contributed by atoms with van der Waals surface area (Å²) in [4.78, 5) is 22.5. The van der Waals surface area contributed by atoms with Crippen molar-refractivity contribution in [1.82, 2.24) is 5.32 Å². The summed E-state index contributed by atoms with van der Waals surface area (Å²) >= 11 is 5.05. The SMILES string of the molecule is COc1cc(C(=O)NC(=S)Nc2ccc([N+](=O)[O-])cc2O)cc(OC)c1OC. The third-order valence-corrected chi connectivity index (χ3v) is 3.80. The van der Waals surface area contributed by atoms with Crippen LogP contribution in [0.5, 0.6) is 23.0 Å². The Labute approximate surface area is 165 Å². The highest BCUT2D eigenvalue weighted by atomic mass is 32.1. The Balaban J connectivity index is 2.16. The molecule has 1 amide bonds. The smallest absolute Gasteiger partial charge is 0.273 e. The lowest BCUT2D eigenvalue weighted by molar-refractivity contribution is -0.384. The molecule has 2 aromatic carbocycles. The number of thiocarbonyl (C=S) groups is 1. The summed E-state index contributed by atoms with van der Waals surface area (Å²) in [5.74, 6) is -0.0485. The van der Waals surface area contributed by atoms with Crippen LogP contribution in [0, 0.1) is 10.1 Å². The number of methoxy groups -OCH3 is 3. The fourth-order valence-corrected chi connectivity index (χ4v) is 2.48. The largest absolute Gasteiger partial charge is 0.506 e. The van der Waals surface area contributed by atoms with Crippen LogP contribution in [0.25, 0.3) is 0 Å². The molecule has 0 aliphatic carbocycles. The lowest BCUT2D eigenvalue weighted by atomic mass is 10.1. The van der Waals surface area contributed by atoms with E-state index in [-0.39, 0.29) is 22.1 Å². The number of hydrogen-bond donors (Lipinski definition) is 3. The number of aromatic hydroxyl groups is 1. The second kappa shape index (κ2) is 8.86. The van der Waals surface area contributed by atoms with Crippen molar-refractivity contribution in [3.63, 3.8) is 0 Å². The van der Waals surface area contributed by atoms with Crippen LogP contribution in [0.2, 0.25) is 0 Å². The van der Waals surface area contributed by atoms with Crippen molar-refractivity contribution in [3.8, 4) is 23.0 Å². The number of anilines is 1. The van der Waals surface area contributed by atoms with Gasteiger partial charge < -0.3 is 24.6 Å². The van der Waals surface area contributed by atoms with Gasteiger partial charge in [-0.05, 0) is 30.4 Å². The zero-order valence-corrected chi connectivity index (χ0v) is 16.0. The van der Waals surface area contributed by atoms with Crippen molar-refractivity contribution in [1.29, 1.82) is 0 Å². The molecule has 0 unspecified atom stereocenters. The van der Waals surface area contributed by atoms with Crippen molar-refractivity contribution in [2.24, 2.45) is 0 Å². The molecule has 148 valence electrons. The van der Waals surface area contributed by atoms with E-state index in [0.717, 1.165) is 6.07 Å². The van der Waals surface area contributed by atoms with Crippen molar-refractivity contribution in [3.05, 3.63) is 46.0 Å². The number of phenolic OH excluding ortho intramolecular Hbond substituents is 1. The first-order chi connectivity index (χ1) is 13.3. The number of nitrogens with zero attached hydrogens (tertiary/aromatic N) is 1. The number of non-ortho nitro benzene ring substituents is 1. The monoisotopic (exact) mass is 407 g/mol. The van der Waals surface area contributed by atoms with E-state index in [1.165, 1.54) is 45.6 Å². The van der Waals surface area contributed by atoms with Gasteiger partial charge in [-0.2, -0.15) is 0 Å². The molecule has 0 radical (unpaired) electrons. The molecule has 28 heavy (non-hydrogen) atoms. The van der Waals surface area contributed by atoms with Gasteiger partial charge in [-0.1, -0.05) is 0 Å². The van der Waals surface area contributed by atoms with Gasteiger partial charge in [0.2, 0.25) is 5.75 Å². The van der Waals surface area contributed by atoms with Gasteiger partial charge in [0.05, 0.1) is 38.0 Å². The van der Waals surface area contributed by atoms with E-state index in [2.05, 4.69) is 10.6 Å². The third kappa shape index (κ3) is 4.57. The fourth-order valence-electron chi connectivity index (χ4n) is 2.28. The number of nitrogens with one attached hydrogen (secondary N) is 2. The lowest BCUT2D eigenvalue weighted by Crippen LogP contribution is -2.34. The van der Waals surface area contributed by atoms with E-state index in [9.17, 15) is 20.0 Å². The predicted octanol–water partition coefficient (Wildman–Crippen LogP) is 2.45. The van der Waals surface area contributed by atoms with E-state index >= 15 is 0 Å². The van der Waals surface area contributed by atoms with E-state index < -0.39 is 16.6 Å². The minimum absolute atomic E-state index is 0.0980. The standard InChI is InChI=1S/C17H17N3O7S/c1-25-13-6-9(7-14(26-2)15(13)27-3)16(22)19-17(28)18-11-5-4-10(20(23)24)8-12(11)21/h4-8,21H,1-3H3,(H2,18,19,22,28). The Hall–Kier alpha value is -3.60. The number of hydrogen-bond acceptors (Lipinski definition) is 8. The average molecular weight is 407 g/mol. The van der Waals surface area contributed by atoms with Crippen LogP contribution in [0.4, 0.5) is 11.4 Å². The van der Waals surface area contributed by atoms with Crippen molar-refractivity contribution < 1.29 is 29.0 Å². The summed E-state index contributed by atoms with van der Waals surface area (Å²) < 4.78 is 15.6. The Morgan fingerprint density at radius 3 is 2.18 bits per heavy atom. The number of amides is 1. The maximum absolute atomic E-state index is 12.5. The Bertz CT molecular complexity index is 908. The van der Waals surface area contributed by atoms with Crippen LogP contribution in [0.1, 0.15) is 10.4 Å². The quantitative estimate of drug-likeness (QED) is 0.286. The van der Waals surface area contributed by atoms with Crippen molar-refractivity contribution >= 4 is 34.6 Å². The van der Waals surface area contributed by atoms with Crippen LogP contribution in [-0.4, -0.2) is 42.4 Å². The second-order valence-electron chi connectivity index (χ2n) is 5.28. The molecule has 3 N–H and O–H groups in total. The van der Waals surface area contributed by atoms with Crippen molar-refractivity contribution in [2.45, 2.75) is 0 Å². The fraction of sp³-hybridized carbons (Fsp3) is 0.176. The molecule has 2 aromatic rings. The van der Waals surface area contributed by atoms with Gasteiger partial charge >= 0.3 is 0 Å². The molecular formula is C17H17N3O7S. The highest BCUT2D eigenvalue weighted by molar-refractivity contribution is 7.80. The van der Waals surface area contributed by atoms with Crippen LogP contribution in [0.15, 0.2) is 30.3 Å². The molecule has 0 saturated heterocycles. The molecule has 0 aliphatic rings. The third-order valence-electron chi connectivity index (χ3n) is 3.59. The topological polar surface area (TPSA) is 132 Å². The first-order valence-electron chi connectivity index (χ1n) is 7.70. The van der Waals surface area contributed by atoms with Gasteiger partial charge in [0, 0.05) is 11.6 Å². The first-order valence-corrected chi connectivity index (χ1v) is 8.11. The lowest BCUT2D eigenvalue weighted by Gasteiger charge is -2.15. The number of nitro groups is 1. The molecule has 11 heteroatoms. The number of rotatable bonds is 6. The van der Waals surface area contributed by atoms with E-state index in [1.807, 2.05) is 0 Å². The molecule has 0 aliphatic heterocycles. The van der Waals surface area contributed by atoms with E-state index in [0.29, 0.717) is 17.2 Å². The van der Waals surface area contributed by atoms with E-state index in [4.69, 9.17) is 26.4 Å². The summed E-state index contributed by atoms with van der Waals surface area (Å²) in [6.07, 6.45) is 0. The highest BCUT2D eigenvalue weighted by Crippen LogP contribution is 2.38.